The molecule has 2 aromatic carbocycles. The minimum atomic E-state index is -0.488. The van der Waals surface area contributed by atoms with Crippen LogP contribution < -0.4 is 5.32 Å². The zero-order valence-corrected chi connectivity index (χ0v) is 21.6. The minimum Gasteiger partial charge on any atom is -0.465 e. The first-order valence-corrected chi connectivity index (χ1v) is 13.0. The van der Waals surface area contributed by atoms with Crippen molar-refractivity contribution in [3.8, 4) is 22.5 Å². The van der Waals surface area contributed by atoms with Crippen LogP contribution in [0, 0.1) is 13.8 Å². The highest BCUT2D eigenvalue weighted by Gasteiger charge is 2.23. The molecule has 4 rings (SSSR count). The molecular weight excluding hydrogens is 480 g/mol. The van der Waals surface area contributed by atoms with Crippen molar-refractivity contribution < 1.29 is 14.3 Å². The summed E-state index contributed by atoms with van der Waals surface area (Å²) < 4.78 is 7.00. The number of carbonyl (C=O) groups is 2. The molecule has 0 bridgehead atoms. The number of aryl methyl sites for hydroxylation is 2. The van der Waals surface area contributed by atoms with Crippen LogP contribution in [0.25, 0.3) is 22.5 Å². The molecule has 0 aliphatic rings. The zero-order valence-electron chi connectivity index (χ0n) is 20.0. The van der Waals surface area contributed by atoms with Crippen LogP contribution in [-0.4, -0.2) is 39.5 Å². The third-order valence-electron chi connectivity index (χ3n) is 5.44. The van der Waals surface area contributed by atoms with Crippen molar-refractivity contribution in [2.75, 3.05) is 18.2 Å². The third kappa shape index (κ3) is 5.47. The van der Waals surface area contributed by atoms with Crippen LogP contribution in [0.5, 0.6) is 0 Å². The maximum atomic E-state index is 12.8. The molecular formula is C26H26N4O3S2. The van der Waals surface area contributed by atoms with Gasteiger partial charge in [-0.2, -0.15) is 0 Å². The van der Waals surface area contributed by atoms with Crippen LogP contribution in [0.15, 0.2) is 59.1 Å². The standard InChI is InChI=1S/C26H26N4O3S2/c1-5-30-23(19-8-6-7-17(3)13-19)28-29-26(30)35-15-21(31)27-24-22(25(32)33-4)20(14-34-24)18-11-9-16(2)10-12-18/h6-14H,5,15H2,1-4H3,(H,27,31). The van der Waals surface area contributed by atoms with Crippen molar-refractivity contribution >= 4 is 40.0 Å². The summed E-state index contributed by atoms with van der Waals surface area (Å²) in [6.45, 7) is 6.74. The zero-order chi connectivity index (χ0) is 24.9. The predicted molar refractivity (Wildman–Crippen MR) is 141 cm³/mol. The number of nitrogens with one attached hydrogen (secondary N) is 1. The number of hydrogen-bond acceptors (Lipinski definition) is 7. The van der Waals surface area contributed by atoms with Gasteiger partial charge in [-0.3, -0.25) is 4.79 Å². The van der Waals surface area contributed by atoms with Crippen molar-refractivity contribution in [3.05, 3.63) is 70.6 Å². The fourth-order valence-electron chi connectivity index (χ4n) is 3.67. The number of benzene rings is 2. The van der Waals surface area contributed by atoms with Gasteiger partial charge in [-0.25, -0.2) is 4.79 Å². The molecule has 180 valence electrons. The van der Waals surface area contributed by atoms with E-state index in [0.717, 1.165) is 33.6 Å². The Morgan fingerprint density at radius 3 is 2.51 bits per heavy atom. The highest BCUT2D eigenvalue weighted by Crippen LogP contribution is 2.36. The van der Waals surface area contributed by atoms with Gasteiger partial charge in [-0.05, 0) is 32.4 Å². The summed E-state index contributed by atoms with van der Waals surface area (Å²) in [5, 5.41) is 14.5. The van der Waals surface area contributed by atoms with Crippen molar-refractivity contribution in [1.29, 1.82) is 0 Å². The average molecular weight is 507 g/mol. The molecule has 4 aromatic rings. The number of thiophene rings is 1. The van der Waals surface area contributed by atoms with E-state index in [2.05, 4.69) is 21.6 Å². The second kappa shape index (κ2) is 10.9. The Morgan fingerprint density at radius 1 is 1.06 bits per heavy atom. The number of esters is 1. The Hall–Kier alpha value is -3.43. The number of methoxy groups -OCH3 is 1. The van der Waals surface area contributed by atoms with Gasteiger partial charge >= 0.3 is 5.97 Å². The van der Waals surface area contributed by atoms with Crippen LogP contribution in [0.4, 0.5) is 5.00 Å². The van der Waals surface area contributed by atoms with Crippen LogP contribution >= 0.6 is 23.1 Å². The SMILES string of the molecule is CCn1c(SCC(=O)Nc2scc(-c3ccc(C)cc3)c2C(=O)OC)nnc1-c1cccc(C)c1. The molecule has 0 saturated carbocycles. The highest BCUT2D eigenvalue weighted by molar-refractivity contribution is 7.99. The fraction of sp³-hybridized carbons (Fsp3) is 0.231. The minimum absolute atomic E-state index is 0.129. The maximum Gasteiger partial charge on any atom is 0.341 e. The predicted octanol–water partition coefficient (Wildman–Crippen LogP) is 5.83. The number of ether oxygens (including phenoxy) is 1. The van der Waals surface area contributed by atoms with Crippen LogP contribution in [0.1, 0.15) is 28.4 Å². The van der Waals surface area contributed by atoms with Crippen molar-refractivity contribution in [1.82, 2.24) is 14.8 Å². The summed E-state index contributed by atoms with van der Waals surface area (Å²) in [5.41, 5.74) is 5.24. The first-order valence-electron chi connectivity index (χ1n) is 11.1. The number of anilines is 1. The van der Waals surface area contributed by atoms with Gasteiger partial charge in [-0.1, -0.05) is 65.4 Å². The van der Waals surface area contributed by atoms with Crippen molar-refractivity contribution in [2.24, 2.45) is 0 Å². The normalized spacial score (nSPS) is 10.9. The van der Waals surface area contributed by atoms with E-state index in [9.17, 15) is 9.59 Å². The Morgan fingerprint density at radius 2 is 1.83 bits per heavy atom. The first-order chi connectivity index (χ1) is 16.9. The Bertz CT molecular complexity index is 1360. The van der Waals surface area contributed by atoms with Gasteiger partial charge in [-0.15, -0.1) is 21.5 Å². The summed E-state index contributed by atoms with van der Waals surface area (Å²) in [6.07, 6.45) is 0. The molecule has 2 aromatic heterocycles. The van der Waals surface area contributed by atoms with Gasteiger partial charge in [0, 0.05) is 23.1 Å². The lowest BCUT2D eigenvalue weighted by Gasteiger charge is -2.09. The molecule has 0 radical (unpaired) electrons. The number of thioether (sulfide) groups is 1. The quantitative estimate of drug-likeness (QED) is 0.239. The van der Waals surface area contributed by atoms with E-state index in [0.29, 0.717) is 22.3 Å². The lowest BCUT2D eigenvalue weighted by molar-refractivity contribution is -0.113. The molecule has 2 heterocycles. The Balaban J connectivity index is 1.51. The van der Waals surface area contributed by atoms with E-state index in [-0.39, 0.29) is 11.7 Å². The number of carbonyl (C=O) groups excluding carboxylic acids is 2. The Labute approximate surface area is 212 Å². The molecule has 0 aliphatic heterocycles. The Kier molecular flexibility index (Phi) is 7.67. The number of aromatic nitrogens is 3. The van der Waals surface area contributed by atoms with Gasteiger partial charge in [0.25, 0.3) is 0 Å². The average Bonchev–Trinajstić information content (AvgIpc) is 3.46. The lowest BCUT2D eigenvalue weighted by Crippen LogP contribution is -2.16. The number of rotatable bonds is 8. The molecule has 0 spiro atoms. The second-order valence-corrected chi connectivity index (χ2v) is 9.79. The van der Waals surface area contributed by atoms with Crippen LogP contribution in [0.2, 0.25) is 0 Å². The van der Waals surface area contributed by atoms with E-state index >= 15 is 0 Å². The molecule has 0 atom stereocenters. The monoisotopic (exact) mass is 506 g/mol. The van der Waals surface area contributed by atoms with Crippen molar-refractivity contribution in [3.63, 3.8) is 0 Å². The summed E-state index contributed by atoms with van der Waals surface area (Å²) in [5.74, 6) is 0.177. The van der Waals surface area contributed by atoms with E-state index in [1.807, 2.05) is 73.2 Å². The smallest absolute Gasteiger partial charge is 0.341 e. The molecule has 1 amide bonds. The molecule has 0 fully saturated rings. The topological polar surface area (TPSA) is 86.1 Å². The van der Waals surface area contributed by atoms with Crippen molar-refractivity contribution in [2.45, 2.75) is 32.5 Å². The number of amides is 1. The van der Waals surface area contributed by atoms with E-state index < -0.39 is 5.97 Å². The molecule has 0 saturated heterocycles. The number of nitrogens with zero attached hydrogens (tertiary/aromatic N) is 3. The maximum absolute atomic E-state index is 12.8. The molecule has 0 unspecified atom stereocenters. The molecule has 1 N–H and O–H groups in total. The first kappa shape index (κ1) is 24.7. The fourth-order valence-corrected chi connectivity index (χ4v) is 5.45. The highest BCUT2D eigenvalue weighted by atomic mass is 32.2. The van der Waals surface area contributed by atoms with Crippen LogP contribution in [0.3, 0.4) is 0 Å². The largest absolute Gasteiger partial charge is 0.465 e. The van der Waals surface area contributed by atoms with E-state index in [1.165, 1.54) is 30.2 Å². The van der Waals surface area contributed by atoms with Gasteiger partial charge < -0.3 is 14.6 Å². The molecule has 9 heteroatoms. The molecule has 7 nitrogen and oxygen atoms in total. The van der Waals surface area contributed by atoms with E-state index in [4.69, 9.17) is 4.74 Å². The third-order valence-corrected chi connectivity index (χ3v) is 7.30. The summed E-state index contributed by atoms with van der Waals surface area (Å²) >= 11 is 2.61. The van der Waals surface area contributed by atoms with Gasteiger partial charge in [0.15, 0.2) is 11.0 Å². The molecule has 35 heavy (non-hydrogen) atoms. The van der Waals surface area contributed by atoms with Gasteiger partial charge in [0.2, 0.25) is 5.91 Å². The summed E-state index contributed by atoms with van der Waals surface area (Å²) in [7, 11) is 1.34. The van der Waals surface area contributed by atoms with Gasteiger partial charge in [0.1, 0.15) is 10.6 Å². The van der Waals surface area contributed by atoms with Crippen LogP contribution in [-0.2, 0) is 16.1 Å². The lowest BCUT2D eigenvalue weighted by atomic mass is 10.0. The van der Waals surface area contributed by atoms with Gasteiger partial charge in [0.05, 0.1) is 12.9 Å². The second-order valence-electron chi connectivity index (χ2n) is 7.97. The summed E-state index contributed by atoms with van der Waals surface area (Å²) in [4.78, 5) is 25.4. The molecule has 0 aliphatic carbocycles. The summed E-state index contributed by atoms with van der Waals surface area (Å²) in [6, 6.07) is 16.0. The van der Waals surface area contributed by atoms with E-state index in [1.54, 1.807) is 0 Å². The number of hydrogen-bond donors (Lipinski definition) is 1.